The highest BCUT2D eigenvalue weighted by molar-refractivity contribution is 5.91. The quantitative estimate of drug-likeness (QED) is 0.836. The lowest BCUT2D eigenvalue weighted by Crippen LogP contribution is -2.57. The van der Waals surface area contributed by atoms with Crippen molar-refractivity contribution in [3.8, 4) is 0 Å². The van der Waals surface area contributed by atoms with Crippen LogP contribution in [0.25, 0.3) is 0 Å². The van der Waals surface area contributed by atoms with E-state index in [1.54, 1.807) is 12.2 Å². The number of nitrogens with one attached hydrogen (secondary N) is 2. The maximum atomic E-state index is 14.7. The summed E-state index contributed by atoms with van der Waals surface area (Å²) in [6, 6.07) is 3.19. The number of fused-ring (bicyclic) bond motifs is 3. The zero-order chi connectivity index (χ0) is 15.9. The Morgan fingerprint density at radius 2 is 2.17 bits per heavy atom. The van der Waals surface area contributed by atoms with E-state index in [2.05, 4.69) is 15.5 Å². The molecule has 3 fully saturated rings. The van der Waals surface area contributed by atoms with Crippen molar-refractivity contribution in [2.75, 3.05) is 19.6 Å². The molecule has 0 aliphatic carbocycles. The van der Waals surface area contributed by atoms with Crippen molar-refractivity contribution < 1.29 is 13.6 Å². The summed E-state index contributed by atoms with van der Waals surface area (Å²) in [6.45, 7) is 3.14. The minimum atomic E-state index is -1.90. The lowest BCUT2D eigenvalue weighted by atomic mass is 9.84. The van der Waals surface area contributed by atoms with Crippen molar-refractivity contribution in [3.05, 3.63) is 48.1 Å². The molecule has 5 rings (SSSR count). The maximum Gasteiger partial charge on any atom is 0.287 e. The molecule has 2 N–H and O–H groups in total. The van der Waals surface area contributed by atoms with Crippen molar-refractivity contribution in [1.29, 1.82) is 0 Å². The lowest BCUT2D eigenvalue weighted by Gasteiger charge is -2.44. The molecule has 3 saturated heterocycles. The number of carbonyl (C=O) groups excluding carboxylic acids is 1. The van der Waals surface area contributed by atoms with Crippen LogP contribution in [0.4, 0.5) is 4.39 Å². The zero-order valence-electron chi connectivity index (χ0n) is 12.8. The van der Waals surface area contributed by atoms with E-state index >= 15 is 0 Å². The Bertz CT molecular complexity index is 661. The molecule has 0 saturated carbocycles. The second kappa shape index (κ2) is 5.53. The minimum Gasteiger partial charge on any atom is -0.450 e. The van der Waals surface area contributed by atoms with Crippen molar-refractivity contribution in [1.82, 2.24) is 15.5 Å². The third-order valence-electron chi connectivity index (χ3n) is 4.99. The average Bonchev–Trinajstić information content (AvgIpc) is 3.08. The zero-order valence-corrected chi connectivity index (χ0v) is 12.8. The Hall–Kier alpha value is -2.08. The van der Waals surface area contributed by atoms with E-state index in [0.717, 1.165) is 32.5 Å². The second-order valence-corrected chi connectivity index (χ2v) is 6.46. The van der Waals surface area contributed by atoms with Crippen LogP contribution < -0.4 is 10.6 Å². The molecule has 1 amide bonds. The molecule has 2 atom stereocenters. The molecule has 1 aromatic rings. The molecule has 23 heavy (non-hydrogen) atoms. The van der Waals surface area contributed by atoms with Crippen molar-refractivity contribution in [2.24, 2.45) is 5.92 Å². The highest BCUT2D eigenvalue weighted by atomic mass is 19.1. The van der Waals surface area contributed by atoms with Gasteiger partial charge in [-0.15, -0.1) is 0 Å². The normalized spacial score (nSPS) is 35.1. The third-order valence-corrected chi connectivity index (χ3v) is 4.99. The Kier molecular flexibility index (Phi) is 3.49. The fraction of sp³-hybridized carbons (Fsp3) is 0.471. The number of hydrogen-bond donors (Lipinski definition) is 2. The highest BCUT2D eigenvalue weighted by Gasteiger charge is 2.36. The van der Waals surface area contributed by atoms with Crippen molar-refractivity contribution in [2.45, 2.75) is 24.7 Å². The first-order valence-electron chi connectivity index (χ1n) is 8.08. The number of furan rings is 1. The maximum absolute atomic E-state index is 14.7. The minimum absolute atomic E-state index is 0.0807. The van der Waals surface area contributed by atoms with Crippen LogP contribution in [0.15, 0.2) is 41.0 Å². The first-order valence-corrected chi connectivity index (χ1v) is 8.08. The molecule has 0 radical (unpaired) electrons. The first kappa shape index (κ1) is 14.5. The monoisotopic (exact) mass is 317 g/mol. The lowest BCUT2D eigenvalue weighted by molar-refractivity contribution is 0.0600. The summed E-state index contributed by atoms with van der Waals surface area (Å²) in [5, 5.41) is 5.65. The van der Waals surface area contributed by atoms with Gasteiger partial charge >= 0.3 is 0 Å². The third kappa shape index (κ3) is 2.67. The molecular weight excluding hydrogens is 297 g/mol. The summed E-state index contributed by atoms with van der Waals surface area (Å²) in [6.07, 6.45) is 8.43. The van der Waals surface area contributed by atoms with Gasteiger partial charge in [0.15, 0.2) is 11.5 Å². The fourth-order valence-electron chi connectivity index (χ4n) is 3.64. The van der Waals surface area contributed by atoms with Crippen LogP contribution in [0.3, 0.4) is 0 Å². The number of dihydropyridines is 1. The second-order valence-electron chi connectivity index (χ2n) is 6.46. The predicted molar refractivity (Wildman–Crippen MR) is 83.3 cm³/mol. The number of carbonyl (C=O) groups is 1. The molecule has 6 heteroatoms. The number of piperidine rings is 3. The summed E-state index contributed by atoms with van der Waals surface area (Å²) in [4.78, 5) is 14.8. The Morgan fingerprint density at radius 1 is 1.35 bits per heavy atom. The molecule has 0 spiro atoms. The Morgan fingerprint density at radius 3 is 2.83 bits per heavy atom. The van der Waals surface area contributed by atoms with Gasteiger partial charge in [-0.05, 0) is 62.3 Å². The molecule has 4 aliphatic rings. The van der Waals surface area contributed by atoms with Gasteiger partial charge in [0.25, 0.3) is 11.7 Å². The predicted octanol–water partition coefficient (Wildman–Crippen LogP) is 1.90. The van der Waals surface area contributed by atoms with Crippen LogP contribution in [0.2, 0.25) is 0 Å². The fourth-order valence-corrected chi connectivity index (χ4v) is 3.64. The number of allylic oxidation sites excluding steroid dienone is 2. The van der Waals surface area contributed by atoms with Crippen LogP contribution in [0, 0.1) is 5.92 Å². The molecule has 5 nitrogen and oxygen atoms in total. The van der Waals surface area contributed by atoms with Crippen LogP contribution in [0.5, 0.6) is 0 Å². The molecule has 1 aromatic heterocycles. The first-order chi connectivity index (χ1) is 11.1. The molecule has 4 aliphatic heterocycles. The van der Waals surface area contributed by atoms with Crippen LogP contribution in [-0.2, 0) is 5.79 Å². The summed E-state index contributed by atoms with van der Waals surface area (Å²) < 4.78 is 20.1. The van der Waals surface area contributed by atoms with E-state index in [4.69, 9.17) is 4.42 Å². The summed E-state index contributed by atoms with van der Waals surface area (Å²) in [5.41, 5.74) is 0. The van der Waals surface area contributed by atoms with Crippen LogP contribution in [-0.4, -0.2) is 36.5 Å². The molecular formula is C17H20FN3O2. The van der Waals surface area contributed by atoms with E-state index < -0.39 is 5.79 Å². The highest BCUT2D eigenvalue weighted by Crippen LogP contribution is 2.30. The van der Waals surface area contributed by atoms with E-state index in [1.165, 1.54) is 24.4 Å². The van der Waals surface area contributed by atoms with Crippen molar-refractivity contribution >= 4 is 5.91 Å². The van der Waals surface area contributed by atoms with E-state index in [-0.39, 0.29) is 23.5 Å². The molecule has 5 heterocycles. The number of hydrogen-bond acceptors (Lipinski definition) is 4. The van der Waals surface area contributed by atoms with Crippen molar-refractivity contribution in [3.63, 3.8) is 0 Å². The van der Waals surface area contributed by atoms with Crippen LogP contribution in [0.1, 0.15) is 29.2 Å². The molecule has 1 unspecified atom stereocenters. The van der Waals surface area contributed by atoms with E-state index in [9.17, 15) is 9.18 Å². The number of rotatable bonds is 3. The van der Waals surface area contributed by atoms with Gasteiger partial charge in [-0.3, -0.25) is 4.79 Å². The topological polar surface area (TPSA) is 57.5 Å². The summed E-state index contributed by atoms with van der Waals surface area (Å²) >= 11 is 0. The standard InChI is InChI=1S/C17H20FN3O2/c18-17(7-1-2-8-19-17)15-4-3-14(23-15)16(22)20-13-11-21-9-5-12(13)6-10-21/h1-4,7-8,12-13,19H,5-6,9-11H2,(H,20,22)/t13-,17?/m0/s1. The summed E-state index contributed by atoms with van der Waals surface area (Å²) in [5.74, 6) is -1.40. The number of halogens is 1. The Labute approximate surface area is 134 Å². The van der Waals surface area contributed by atoms with Gasteiger partial charge in [0.1, 0.15) is 0 Å². The molecule has 0 aromatic carbocycles. The van der Waals surface area contributed by atoms with Gasteiger partial charge < -0.3 is 20.0 Å². The van der Waals surface area contributed by atoms with Gasteiger partial charge in [0.2, 0.25) is 0 Å². The SMILES string of the molecule is O=C(N[C@H]1CN2CCC1CC2)c1ccc(C2(F)C=CC=CN2)o1. The molecule has 2 bridgehead atoms. The van der Waals surface area contributed by atoms with Gasteiger partial charge in [-0.1, -0.05) is 6.08 Å². The largest absolute Gasteiger partial charge is 0.450 e. The smallest absolute Gasteiger partial charge is 0.287 e. The van der Waals surface area contributed by atoms with E-state index in [0.29, 0.717) is 5.92 Å². The Balaban J connectivity index is 1.45. The number of alkyl halides is 1. The van der Waals surface area contributed by atoms with Gasteiger partial charge in [0, 0.05) is 12.6 Å². The van der Waals surface area contributed by atoms with Gasteiger partial charge in [-0.2, -0.15) is 0 Å². The summed E-state index contributed by atoms with van der Waals surface area (Å²) in [7, 11) is 0. The van der Waals surface area contributed by atoms with Crippen LogP contribution >= 0.6 is 0 Å². The number of amides is 1. The van der Waals surface area contributed by atoms with Gasteiger partial charge in [-0.25, -0.2) is 4.39 Å². The average molecular weight is 317 g/mol. The van der Waals surface area contributed by atoms with E-state index in [1.807, 2.05) is 0 Å². The van der Waals surface area contributed by atoms with Gasteiger partial charge in [0.05, 0.1) is 0 Å². The molecule has 122 valence electrons. The number of nitrogens with zero attached hydrogens (tertiary/aromatic N) is 1.